The number of carbonyl (C=O) groups is 1. The first kappa shape index (κ1) is 15.2. The molecule has 6 heteroatoms. The average molecular weight is 291 g/mol. The third-order valence-electron chi connectivity index (χ3n) is 3.34. The average Bonchev–Trinajstić information content (AvgIpc) is 2.87. The SMILES string of the molecule is Cc1cc(C(=O)NCC(C)(O)c2cnn(C)c2)ccc1F. The number of nitrogens with zero attached hydrogens (tertiary/aromatic N) is 2. The number of benzene rings is 1. The minimum Gasteiger partial charge on any atom is -0.383 e. The van der Waals surface area contributed by atoms with Crippen LogP contribution >= 0.6 is 0 Å². The van der Waals surface area contributed by atoms with E-state index in [1.807, 2.05) is 0 Å². The first-order valence-corrected chi connectivity index (χ1v) is 6.55. The van der Waals surface area contributed by atoms with Crippen molar-refractivity contribution < 1.29 is 14.3 Å². The second-order valence-electron chi connectivity index (χ2n) is 5.32. The summed E-state index contributed by atoms with van der Waals surface area (Å²) >= 11 is 0. The molecule has 2 aromatic rings. The standard InChI is InChI=1S/C15H18FN3O2/c1-10-6-11(4-5-13(10)16)14(20)17-9-15(2,21)12-7-18-19(3)8-12/h4-8,21H,9H2,1-3H3,(H,17,20). The molecule has 1 unspecified atom stereocenters. The van der Waals surface area contributed by atoms with Gasteiger partial charge in [0.25, 0.3) is 5.91 Å². The molecule has 0 bridgehead atoms. The van der Waals surface area contributed by atoms with Gasteiger partial charge in [-0.2, -0.15) is 5.10 Å². The number of aryl methyl sites for hydroxylation is 2. The number of aromatic nitrogens is 2. The summed E-state index contributed by atoms with van der Waals surface area (Å²) < 4.78 is 14.8. The summed E-state index contributed by atoms with van der Waals surface area (Å²) in [7, 11) is 1.75. The lowest BCUT2D eigenvalue weighted by molar-refractivity contribution is 0.0526. The lowest BCUT2D eigenvalue weighted by Crippen LogP contribution is -2.38. The van der Waals surface area contributed by atoms with Crippen molar-refractivity contribution in [1.82, 2.24) is 15.1 Å². The molecule has 1 atom stereocenters. The molecular weight excluding hydrogens is 273 g/mol. The molecule has 21 heavy (non-hydrogen) atoms. The van der Waals surface area contributed by atoms with Gasteiger partial charge in [0.15, 0.2) is 0 Å². The van der Waals surface area contributed by atoms with E-state index >= 15 is 0 Å². The molecule has 2 rings (SSSR count). The highest BCUT2D eigenvalue weighted by Gasteiger charge is 2.25. The Balaban J connectivity index is 2.04. The predicted molar refractivity (Wildman–Crippen MR) is 76.2 cm³/mol. The summed E-state index contributed by atoms with van der Waals surface area (Å²) in [6.07, 6.45) is 3.24. The molecule has 0 fully saturated rings. The molecule has 112 valence electrons. The maximum atomic E-state index is 13.2. The normalized spacial score (nSPS) is 13.8. The fourth-order valence-corrected chi connectivity index (χ4v) is 1.94. The van der Waals surface area contributed by atoms with Gasteiger partial charge in [0.2, 0.25) is 0 Å². The van der Waals surface area contributed by atoms with Gasteiger partial charge in [-0.3, -0.25) is 9.48 Å². The largest absolute Gasteiger partial charge is 0.383 e. The van der Waals surface area contributed by atoms with Gasteiger partial charge in [-0.1, -0.05) is 0 Å². The van der Waals surface area contributed by atoms with E-state index in [1.54, 1.807) is 38.0 Å². The Hall–Kier alpha value is -2.21. The number of carbonyl (C=O) groups excluding carboxylic acids is 1. The van der Waals surface area contributed by atoms with Gasteiger partial charge < -0.3 is 10.4 Å². The molecule has 0 saturated carbocycles. The minimum absolute atomic E-state index is 0.0357. The van der Waals surface area contributed by atoms with Crippen LogP contribution in [0.3, 0.4) is 0 Å². The van der Waals surface area contributed by atoms with E-state index in [4.69, 9.17) is 0 Å². The second-order valence-corrected chi connectivity index (χ2v) is 5.32. The van der Waals surface area contributed by atoms with Crippen molar-refractivity contribution in [3.8, 4) is 0 Å². The Morgan fingerprint density at radius 2 is 2.24 bits per heavy atom. The Morgan fingerprint density at radius 1 is 1.52 bits per heavy atom. The maximum Gasteiger partial charge on any atom is 0.251 e. The van der Waals surface area contributed by atoms with E-state index in [-0.39, 0.29) is 18.3 Å². The summed E-state index contributed by atoms with van der Waals surface area (Å²) in [5.74, 6) is -0.712. The topological polar surface area (TPSA) is 67.2 Å². The monoisotopic (exact) mass is 291 g/mol. The molecule has 2 N–H and O–H groups in total. The molecule has 1 amide bonds. The van der Waals surface area contributed by atoms with Crippen molar-refractivity contribution in [3.63, 3.8) is 0 Å². The van der Waals surface area contributed by atoms with Crippen LogP contribution in [0.15, 0.2) is 30.6 Å². The molecule has 5 nitrogen and oxygen atoms in total. The van der Waals surface area contributed by atoms with E-state index < -0.39 is 5.60 Å². The number of nitrogens with one attached hydrogen (secondary N) is 1. The highest BCUT2D eigenvalue weighted by atomic mass is 19.1. The molecule has 0 radical (unpaired) electrons. The number of aliphatic hydroxyl groups is 1. The van der Waals surface area contributed by atoms with Gasteiger partial charge in [0.1, 0.15) is 11.4 Å². The van der Waals surface area contributed by atoms with Crippen molar-refractivity contribution >= 4 is 5.91 Å². The number of rotatable bonds is 4. The first-order chi connectivity index (χ1) is 9.79. The van der Waals surface area contributed by atoms with Crippen molar-refractivity contribution in [1.29, 1.82) is 0 Å². The van der Waals surface area contributed by atoms with Crippen LogP contribution in [0.5, 0.6) is 0 Å². The summed E-state index contributed by atoms with van der Waals surface area (Å²) in [5.41, 5.74) is 0.150. The number of halogens is 1. The zero-order chi connectivity index (χ0) is 15.6. The van der Waals surface area contributed by atoms with Gasteiger partial charge >= 0.3 is 0 Å². The Morgan fingerprint density at radius 3 is 2.81 bits per heavy atom. The Labute approximate surface area is 122 Å². The van der Waals surface area contributed by atoms with Crippen molar-refractivity contribution in [3.05, 3.63) is 53.1 Å². The zero-order valence-electron chi connectivity index (χ0n) is 12.2. The highest BCUT2D eigenvalue weighted by molar-refractivity contribution is 5.94. The smallest absolute Gasteiger partial charge is 0.251 e. The van der Waals surface area contributed by atoms with Gasteiger partial charge in [0.05, 0.1) is 12.7 Å². The molecule has 0 aliphatic carbocycles. The molecule has 0 saturated heterocycles. The van der Waals surface area contributed by atoms with Crippen LogP contribution in [-0.4, -0.2) is 27.3 Å². The van der Waals surface area contributed by atoms with Crippen LogP contribution in [0.2, 0.25) is 0 Å². The van der Waals surface area contributed by atoms with E-state index in [1.165, 1.54) is 18.2 Å². The molecule has 1 aromatic heterocycles. The summed E-state index contributed by atoms with van der Waals surface area (Å²) in [6.45, 7) is 3.23. The lowest BCUT2D eigenvalue weighted by Gasteiger charge is -2.22. The first-order valence-electron chi connectivity index (χ1n) is 6.55. The molecule has 0 aliphatic heterocycles. The Kier molecular flexibility index (Phi) is 4.09. The quantitative estimate of drug-likeness (QED) is 0.897. The van der Waals surface area contributed by atoms with E-state index in [0.29, 0.717) is 16.7 Å². The fraction of sp³-hybridized carbons (Fsp3) is 0.333. The minimum atomic E-state index is -1.22. The van der Waals surface area contributed by atoms with Gasteiger partial charge in [-0.15, -0.1) is 0 Å². The van der Waals surface area contributed by atoms with Gasteiger partial charge in [-0.25, -0.2) is 4.39 Å². The van der Waals surface area contributed by atoms with Gasteiger partial charge in [0, 0.05) is 24.4 Å². The van der Waals surface area contributed by atoms with Crippen LogP contribution in [0.25, 0.3) is 0 Å². The van der Waals surface area contributed by atoms with Crippen molar-refractivity contribution in [2.24, 2.45) is 7.05 Å². The van der Waals surface area contributed by atoms with Crippen LogP contribution < -0.4 is 5.32 Å². The molecule has 1 heterocycles. The lowest BCUT2D eigenvalue weighted by atomic mass is 9.99. The van der Waals surface area contributed by atoms with Crippen LogP contribution in [0.4, 0.5) is 4.39 Å². The number of hydrogen-bond donors (Lipinski definition) is 2. The predicted octanol–water partition coefficient (Wildman–Crippen LogP) is 1.51. The second kappa shape index (κ2) is 5.65. The fourth-order valence-electron chi connectivity index (χ4n) is 1.94. The summed E-state index contributed by atoms with van der Waals surface area (Å²) in [4.78, 5) is 12.0. The summed E-state index contributed by atoms with van der Waals surface area (Å²) in [5, 5.41) is 17.0. The molecule has 1 aromatic carbocycles. The summed E-state index contributed by atoms with van der Waals surface area (Å²) in [6, 6.07) is 4.14. The van der Waals surface area contributed by atoms with Crippen LogP contribution in [0, 0.1) is 12.7 Å². The van der Waals surface area contributed by atoms with Gasteiger partial charge in [-0.05, 0) is 37.6 Å². The van der Waals surface area contributed by atoms with Crippen molar-refractivity contribution in [2.75, 3.05) is 6.54 Å². The van der Waals surface area contributed by atoms with Crippen LogP contribution in [-0.2, 0) is 12.6 Å². The molecular formula is C15H18FN3O2. The molecule has 0 spiro atoms. The zero-order valence-corrected chi connectivity index (χ0v) is 12.2. The number of hydrogen-bond acceptors (Lipinski definition) is 3. The Bertz CT molecular complexity index is 665. The van der Waals surface area contributed by atoms with E-state index in [2.05, 4.69) is 10.4 Å². The highest BCUT2D eigenvalue weighted by Crippen LogP contribution is 2.18. The van der Waals surface area contributed by atoms with Crippen molar-refractivity contribution in [2.45, 2.75) is 19.4 Å². The van der Waals surface area contributed by atoms with E-state index in [9.17, 15) is 14.3 Å². The number of amides is 1. The third kappa shape index (κ3) is 3.46. The molecule has 0 aliphatic rings. The third-order valence-corrected chi connectivity index (χ3v) is 3.34. The van der Waals surface area contributed by atoms with Crippen LogP contribution in [0.1, 0.15) is 28.4 Å². The maximum absolute atomic E-state index is 13.2. The van der Waals surface area contributed by atoms with E-state index in [0.717, 1.165) is 0 Å².